The third-order valence-corrected chi connectivity index (χ3v) is 1.69. The van der Waals surface area contributed by atoms with Gasteiger partial charge in [-0.15, -0.1) is 0 Å². The van der Waals surface area contributed by atoms with Crippen LogP contribution in [0.2, 0.25) is 0 Å². The highest BCUT2D eigenvalue weighted by molar-refractivity contribution is 5.43. The predicted molar refractivity (Wildman–Crippen MR) is 47.7 cm³/mol. The third-order valence-electron chi connectivity index (χ3n) is 1.69. The molecule has 0 saturated heterocycles. The van der Waals surface area contributed by atoms with Crippen molar-refractivity contribution < 1.29 is 4.39 Å². The first-order chi connectivity index (χ1) is 5.77. The van der Waals surface area contributed by atoms with Crippen LogP contribution in [-0.4, -0.2) is 12.0 Å². The normalized spacial score (nSPS) is 9.92. The second kappa shape index (κ2) is 4.04. The molecule has 1 aromatic heterocycles. The van der Waals surface area contributed by atoms with E-state index < -0.39 is 0 Å². The molecule has 0 saturated carbocycles. The number of pyridine rings is 1. The van der Waals surface area contributed by atoms with Crippen LogP contribution in [0.5, 0.6) is 0 Å². The average molecular weight is 168 g/mol. The van der Waals surface area contributed by atoms with Crippen molar-refractivity contribution in [2.24, 2.45) is 0 Å². The van der Waals surface area contributed by atoms with E-state index in [2.05, 4.69) is 17.2 Å². The highest BCUT2D eigenvalue weighted by Crippen LogP contribution is 2.14. The molecule has 0 aromatic carbocycles. The number of aromatic nitrogens is 1. The van der Waals surface area contributed by atoms with Crippen LogP contribution in [0.25, 0.3) is 0 Å². The monoisotopic (exact) mass is 168 g/mol. The number of nitrogens with one attached hydrogen (secondary N) is 1. The average Bonchev–Trinajstić information content (AvgIpc) is 2.05. The Morgan fingerprint density at radius 3 is 2.92 bits per heavy atom. The molecule has 3 heteroatoms. The summed E-state index contributed by atoms with van der Waals surface area (Å²) in [7, 11) is 1.79. The smallest absolute Gasteiger partial charge is 0.141 e. The van der Waals surface area contributed by atoms with E-state index in [-0.39, 0.29) is 5.82 Å². The maximum absolute atomic E-state index is 12.7. The van der Waals surface area contributed by atoms with Crippen molar-refractivity contribution in [1.29, 1.82) is 0 Å². The number of aryl methyl sites for hydroxylation is 1. The first kappa shape index (κ1) is 8.97. The molecule has 0 unspecified atom stereocenters. The Balaban J connectivity index is 2.95. The zero-order valence-electron chi connectivity index (χ0n) is 7.39. The van der Waals surface area contributed by atoms with E-state index in [1.165, 1.54) is 12.3 Å². The quantitative estimate of drug-likeness (QED) is 0.748. The zero-order valence-corrected chi connectivity index (χ0v) is 7.39. The molecular weight excluding hydrogens is 155 g/mol. The van der Waals surface area contributed by atoms with Gasteiger partial charge in [0.2, 0.25) is 0 Å². The minimum absolute atomic E-state index is 0.266. The third kappa shape index (κ3) is 1.94. The standard InChI is InChI=1S/C9H13FN2/c1-3-4-7-5-8(10)6-12-9(7)11-2/h5-6H,3-4H2,1-2H3,(H,11,12). The minimum atomic E-state index is -0.266. The molecule has 2 nitrogen and oxygen atoms in total. The Hall–Kier alpha value is -1.12. The van der Waals surface area contributed by atoms with Gasteiger partial charge in [0.15, 0.2) is 0 Å². The Labute approximate surface area is 71.8 Å². The first-order valence-electron chi connectivity index (χ1n) is 4.10. The topological polar surface area (TPSA) is 24.9 Å². The highest BCUT2D eigenvalue weighted by Gasteiger charge is 2.02. The van der Waals surface area contributed by atoms with Crippen molar-refractivity contribution >= 4 is 5.82 Å². The minimum Gasteiger partial charge on any atom is -0.373 e. The van der Waals surface area contributed by atoms with Gasteiger partial charge in [0.25, 0.3) is 0 Å². The molecule has 0 aliphatic carbocycles. The van der Waals surface area contributed by atoms with Crippen LogP contribution in [0.1, 0.15) is 18.9 Å². The van der Waals surface area contributed by atoms with Crippen LogP contribution in [0, 0.1) is 5.82 Å². The Morgan fingerprint density at radius 2 is 2.33 bits per heavy atom. The Kier molecular flexibility index (Phi) is 3.02. The number of nitrogens with zero attached hydrogens (tertiary/aromatic N) is 1. The van der Waals surface area contributed by atoms with Gasteiger partial charge in [-0.3, -0.25) is 0 Å². The molecule has 0 fully saturated rings. The van der Waals surface area contributed by atoms with E-state index in [1.807, 2.05) is 0 Å². The Bertz CT molecular complexity index is 261. The van der Waals surface area contributed by atoms with Gasteiger partial charge in [-0.25, -0.2) is 9.37 Å². The molecule has 0 aliphatic heterocycles. The molecule has 1 rings (SSSR count). The predicted octanol–water partition coefficient (Wildman–Crippen LogP) is 2.21. The number of halogens is 1. The number of hydrogen-bond donors (Lipinski definition) is 1. The molecule has 0 aliphatic rings. The summed E-state index contributed by atoms with van der Waals surface area (Å²) in [5.41, 5.74) is 0.944. The van der Waals surface area contributed by atoms with E-state index in [0.717, 1.165) is 24.2 Å². The van der Waals surface area contributed by atoms with Crippen molar-refractivity contribution in [3.8, 4) is 0 Å². The van der Waals surface area contributed by atoms with Gasteiger partial charge in [-0.1, -0.05) is 13.3 Å². The van der Waals surface area contributed by atoms with Crippen LogP contribution < -0.4 is 5.32 Å². The maximum atomic E-state index is 12.7. The molecule has 66 valence electrons. The Morgan fingerprint density at radius 1 is 1.58 bits per heavy atom. The molecule has 1 N–H and O–H groups in total. The second-order valence-corrected chi connectivity index (χ2v) is 2.66. The molecule has 0 radical (unpaired) electrons. The zero-order chi connectivity index (χ0) is 8.97. The lowest BCUT2D eigenvalue weighted by Gasteiger charge is -2.05. The fourth-order valence-corrected chi connectivity index (χ4v) is 1.17. The van der Waals surface area contributed by atoms with Crippen molar-refractivity contribution in [3.05, 3.63) is 23.6 Å². The number of hydrogen-bond acceptors (Lipinski definition) is 2. The fourth-order valence-electron chi connectivity index (χ4n) is 1.17. The van der Waals surface area contributed by atoms with Crippen molar-refractivity contribution in [1.82, 2.24) is 4.98 Å². The van der Waals surface area contributed by atoms with Gasteiger partial charge in [-0.05, 0) is 18.1 Å². The van der Waals surface area contributed by atoms with Crippen LogP contribution in [0.3, 0.4) is 0 Å². The van der Waals surface area contributed by atoms with Crippen molar-refractivity contribution in [2.75, 3.05) is 12.4 Å². The maximum Gasteiger partial charge on any atom is 0.141 e. The van der Waals surface area contributed by atoms with Crippen molar-refractivity contribution in [2.45, 2.75) is 19.8 Å². The van der Waals surface area contributed by atoms with E-state index in [4.69, 9.17) is 0 Å². The molecule has 1 aromatic rings. The summed E-state index contributed by atoms with van der Waals surface area (Å²) in [4.78, 5) is 3.93. The van der Waals surface area contributed by atoms with E-state index in [9.17, 15) is 4.39 Å². The van der Waals surface area contributed by atoms with Crippen LogP contribution >= 0.6 is 0 Å². The number of rotatable bonds is 3. The van der Waals surface area contributed by atoms with Gasteiger partial charge in [-0.2, -0.15) is 0 Å². The fraction of sp³-hybridized carbons (Fsp3) is 0.444. The SMILES string of the molecule is CCCc1cc(F)cnc1NC. The van der Waals surface area contributed by atoms with Crippen molar-refractivity contribution in [3.63, 3.8) is 0 Å². The lowest BCUT2D eigenvalue weighted by molar-refractivity contribution is 0.618. The van der Waals surface area contributed by atoms with Gasteiger partial charge in [0.05, 0.1) is 6.20 Å². The van der Waals surface area contributed by atoms with Gasteiger partial charge in [0, 0.05) is 7.05 Å². The molecular formula is C9H13FN2. The first-order valence-corrected chi connectivity index (χ1v) is 4.10. The van der Waals surface area contributed by atoms with E-state index in [0.29, 0.717) is 0 Å². The van der Waals surface area contributed by atoms with Gasteiger partial charge < -0.3 is 5.32 Å². The lowest BCUT2D eigenvalue weighted by atomic mass is 10.1. The molecule has 0 spiro atoms. The van der Waals surface area contributed by atoms with Crippen LogP contribution in [-0.2, 0) is 6.42 Å². The second-order valence-electron chi connectivity index (χ2n) is 2.66. The largest absolute Gasteiger partial charge is 0.373 e. The highest BCUT2D eigenvalue weighted by atomic mass is 19.1. The summed E-state index contributed by atoms with van der Waals surface area (Å²) in [6.45, 7) is 2.06. The van der Waals surface area contributed by atoms with Crippen LogP contribution in [0.4, 0.5) is 10.2 Å². The summed E-state index contributed by atoms with van der Waals surface area (Å²) in [5, 5.41) is 2.93. The molecule has 0 amide bonds. The van der Waals surface area contributed by atoms with E-state index >= 15 is 0 Å². The summed E-state index contributed by atoms with van der Waals surface area (Å²) >= 11 is 0. The lowest BCUT2D eigenvalue weighted by Crippen LogP contribution is -1.99. The van der Waals surface area contributed by atoms with Crippen LogP contribution in [0.15, 0.2) is 12.3 Å². The molecule has 0 atom stereocenters. The summed E-state index contributed by atoms with van der Waals surface area (Å²) in [5.74, 6) is 0.510. The summed E-state index contributed by atoms with van der Waals surface area (Å²) in [6.07, 6.45) is 3.09. The molecule has 12 heavy (non-hydrogen) atoms. The summed E-state index contributed by atoms with van der Waals surface area (Å²) < 4.78 is 12.7. The van der Waals surface area contributed by atoms with Gasteiger partial charge >= 0.3 is 0 Å². The molecule has 1 heterocycles. The van der Waals surface area contributed by atoms with Gasteiger partial charge in [0.1, 0.15) is 11.6 Å². The number of anilines is 1. The molecule has 0 bridgehead atoms. The van der Waals surface area contributed by atoms with E-state index in [1.54, 1.807) is 7.05 Å². The summed E-state index contributed by atoms with van der Waals surface area (Å²) in [6, 6.07) is 1.53.